The molecular weight excluding hydrogens is 188 g/mol. The van der Waals surface area contributed by atoms with Crippen LogP contribution in [0.5, 0.6) is 0 Å². The topological polar surface area (TPSA) is 56.0 Å². The second-order valence-electron chi connectivity index (χ2n) is 3.72. The molecule has 80 valence electrons. The Bertz CT molecular complexity index is 355. The van der Waals surface area contributed by atoms with Gasteiger partial charge in [-0.1, -0.05) is 12.1 Å². The fraction of sp³-hybridized carbons (Fsp3) is 0.417. The van der Waals surface area contributed by atoms with Crippen LogP contribution in [0.25, 0.3) is 0 Å². The fourth-order valence-electron chi connectivity index (χ4n) is 1.34. The molecule has 1 aromatic carbocycles. The van der Waals surface area contributed by atoms with Gasteiger partial charge in [0.15, 0.2) is 0 Å². The molecule has 0 spiro atoms. The minimum absolute atomic E-state index is 0.146. The van der Waals surface area contributed by atoms with Crippen LogP contribution in [0.4, 0.5) is 0 Å². The van der Waals surface area contributed by atoms with Gasteiger partial charge in [0.1, 0.15) is 0 Å². The number of aliphatic hydroxyl groups excluding tert-OH is 1. The molecular formula is C12H16N2O. The lowest BCUT2D eigenvalue weighted by atomic mass is 10.1. The van der Waals surface area contributed by atoms with Crippen molar-refractivity contribution in [2.24, 2.45) is 0 Å². The van der Waals surface area contributed by atoms with Gasteiger partial charge in [-0.2, -0.15) is 5.26 Å². The second kappa shape index (κ2) is 5.50. The van der Waals surface area contributed by atoms with Crippen LogP contribution in [0.15, 0.2) is 24.3 Å². The summed E-state index contributed by atoms with van der Waals surface area (Å²) in [6, 6.07) is 9.74. The summed E-state index contributed by atoms with van der Waals surface area (Å²) in [4.78, 5) is 0. The standard InChI is InChI=1S/C12H16N2O/c1-9(15)8-14-10(2)12-5-3-4-11(6-12)7-13/h3-6,9-10,14-15H,8H2,1-2H3. The van der Waals surface area contributed by atoms with Gasteiger partial charge in [0.25, 0.3) is 0 Å². The van der Waals surface area contributed by atoms with Crippen molar-refractivity contribution in [3.63, 3.8) is 0 Å². The summed E-state index contributed by atoms with van der Waals surface area (Å²) in [6.07, 6.45) is -0.355. The highest BCUT2D eigenvalue weighted by Gasteiger charge is 2.06. The molecule has 0 saturated carbocycles. The molecule has 0 fully saturated rings. The maximum Gasteiger partial charge on any atom is 0.0991 e. The molecule has 0 aromatic heterocycles. The van der Waals surface area contributed by atoms with Gasteiger partial charge in [-0.15, -0.1) is 0 Å². The molecule has 2 atom stereocenters. The smallest absolute Gasteiger partial charge is 0.0991 e. The minimum atomic E-state index is -0.355. The van der Waals surface area contributed by atoms with E-state index in [2.05, 4.69) is 11.4 Å². The molecule has 0 amide bonds. The summed E-state index contributed by atoms with van der Waals surface area (Å²) >= 11 is 0. The Hall–Kier alpha value is -1.37. The third-order valence-electron chi connectivity index (χ3n) is 2.24. The monoisotopic (exact) mass is 204 g/mol. The van der Waals surface area contributed by atoms with Crippen LogP contribution in [0, 0.1) is 11.3 Å². The summed E-state index contributed by atoms with van der Waals surface area (Å²) < 4.78 is 0. The lowest BCUT2D eigenvalue weighted by Crippen LogP contribution is -2.27. The first-order chi connectivity index (χ1) is 7.13. The summed E-state index contributed by atoms with van der Waals surface area (Å²) in [7, 11) is 0. The third kappa shape index (κ3) is 3.70. The summed E-state index contributed by atoms with van der Waals surface area (Å²) in [5.74, 6) is 0. The number of rotatable bonds is 4. The highest BCUT2D eigenvalue weighted by atomic mass is 16.3. The van der Waals surface area contributed by atoms with Crippen molar-refractivity contribution in [2.45, 2.75) is 26.0 Å². The zero-order valence-electron chi connectivity index (χ0n) is 9.07. The summed E-state index contributed by atoms with van der Waals surface area (Å²) in [5, 5.41) is 21.1. The lowest BCUT2D eigenvalue weighted by Gasteiger charge is -2.15. The van der Waals surface area contributed by atoms with E-state index in [1.165, 1.54) is 0 Å². The first kappa shape index (κ1) is 11.7. The number of hydrogen-bond acceptors (Lipinski definition) is 3. The average Bonchev–Trinajstić information content (AvgIpc) is 2.26. The number of benzene rings is 1. The largest absolute Gasteiger partial charge is 0.392 e. The van der Waals surface area contributed by atoms with Crippen molar-refractivity contribution < 1.29 is 5.11 Å². The Kier molecular flexibility index (Phi) is 4.29. The Morgan fingerprint density at radius 1 is 1.47 bits per heavy atom. The van der Waals surface area contributed by atoms with Gasteiger partial charge in [-0.25, -0.2) is 0 Å². The van der Waals surface area contributed by atoms with Crippen LogP contribution in [-0.2, 0) is 0 Å². The van der Waals surface area contributed by atoms with E-state index in [1.807, 2.05) is 25.1 Å². The predicted molar refractivity (Wildman–Crippen MR) is 59.3 cm³/mol. The Morgan fingerprint density at radius 2 is 2.20 bits per heavy atom. The molecule has 1 rings (SSSR count). The number of aliphatic hydroxyl groups is 1. The zero-order valence-corrected chi connectivity index (χ0v) is 9.07. The molecule has 15 heavy (non-hydrogen) atoms. The van der Waals surface area contributed by atoms with E-state index in [0.717, 1.165) is 5.56 Å². The van der Waals surface area contributed by atoms with E-state index in [1.54, 1.807) is 13.0 Å². The molecule has 1 aromatic rings. The molecule has 0 radical (unpaired) electrons. The van der Waals surface area contributed by atoms with Gasteiger partial charge in [-0.05, 0) is 31.5 Å². The molecule has 0 heterocycles. The van der Waals surface area contributed by atoms with E-state index in [9.17, 15) is 0 Å². The fourth-order valence-corrected chi connectivity index (χ4v) is 1.34. The van der Waals surface area contributed by atoms with Gasteiger partial charge >= 0.3 is 0 Å². The van der Waals surface area contributed by atoms with E-state index in [-0.39, 0.29) is 12.1 Å². The Morgan fingerprint density at radius 3 is 2.80 bits per heavy atom. The molecule has 2 unspecified atom stereocenters. The molecule has 0 aliphatic rings. The summed E-state index contributed by atoms with van der Waals surface area (Å²) in [5.41, 5.74) is 1.73. The van der Waals surface area contributed by atoms with Crippen molar-refractivity contribution in [2.75, 3.05) is 6.54 Å². The lowest BCUT2D eigenvalue weighted by molar-refractivity contribution is 0.187. The Balaban J connectivity index is 2.65. The highest BCUT2D eigenvalue weighted by Crippen LogP contribution is 2.13. The first-order valence-electron chi connectivity index (χ1n) is 5.05. The first-order valence-corrected chi connectivity index (χ1v) is 5.05. The number of hydrogen-bond donors (Lipinski definition) is 2. The third-order valence-corrected chi connectivity index (χ3v) is 2.24. The predicted octanol–water partition coefficient (Wildman–Crippen LogP) is 1.59. The van der Waals surface area contributed by atoms with Crippen LogP contribution in [0.3, 0.4) is 0 Å². The Labute approximate surface area is 90.4 Å². The molecule has 0 saturated heterocycles. The van der Waals surface area contributed by atoms with Crippen LogP contribution < -0.4 is 5.32 Å². The minimum Gasteiger partial charge on any atom is -0.392 e. The normalized spacial score (nSPS) is 14.3. The van der Waals surface area contributed by atoms with Gasteiger partial charge in [0.2, 0.25) is 0 Å². The molecule has 3 nitrogen and oxygen atoms in total. The van der Waals surface area contributed by atoms with Crippen molar-refractivity contribution in [1.29, 1.82) is 5.26 Å². The van der Waals surface area contributed by atoms with Crippen LogP contribution in [0.1, 0.15) is 31.0 Å². The molecule has 0 aliphatic heterocycles. The van der Waals surface area contributed by atoms with E-state index in [0.29, 0.717) is 12.1 Å². The highest BCUT2D eigenvalue weighted by molar-refractivity contribution is 5.33. The van der Waals surface area contributed by atoms with E-state index >= 15 is 0 Å². The van der Waals surface area contributed by atoms with Crippen molar-refractivity contribution in [1.82, 2.24) is 5.32 Å². The second-order valence-corrected chi connectivity index (χ2v) is 3.72. The van der Waals surface area contributed by atoms with Crippen molar-refractivity contribution in [3.8, 4) is 6.07 Å². The maximum atomic E-state index is 9.13. The van der Waals surface area contributed by atoms with Gasteiger partial charge < -0.3 is 10.4 Å². The molecule has 2 N–H and O–H groups in total. The number of nitrogens with one attached hydrogen (secondary N) is 1. The van der Waals surface area contributed by atoms with Gasteiger partial charge in [0, 0.05) is 12.6 Å². The van der Waals surface area contributed by atoms with Crippen molar-refractivity contribution >= 4 is 0 Å². The van der Waals surface area contributed by atoms with Crippen LogP contribution in [0.2, 0.25) is 0 Å². The average molecular weight is 204 g/mol. The van der Waals surface area contributed by atoms with Crippen LogP contribution in [-0.4, -0.2) is 17.8 Å². The van der Waals surface area contributed by atoms with E-state index < -0.39 is 0 Å². The molecule has 3 heteroatoms. The zero-order chi connectivity index (χ0) is 11.3. The molecule has 0 aliphatic carbocycles. The maximum absolute atomic E-state index is 9.13. The van der Waals surface area contributed by atoms with E-state index in [4.69, 9.17) is 10.4 Å². The van der Waals surface area contributed by atoms with Gasteiger partial charge in [-0.3, -0.25) is 0 Å². The quantitative estimate of drug-likeness (QED) is 0.783. The SMILES string of the molecule is CC(O)CNC(C)c1cccc(C#N)c1. The summed E-state index contributed by atoms with van der Waals surface area (Å²) in [6.45, 7) is 4.31. The molecule has 0 bridgehead atoms. The number of nitriles is 1. The van der Waals surface area contributed by atoms with Gasteiger partial charge in [0.05, 0.1) is 17.7 Å². The number of nitrogens with zero attached hydrogens (tertiary/aromatic N) is 1. The van der Waals surface area contributed by atoms with Crippen molar-refractivity contribution in [3.05, 3.63) is 35.4 Å². The van der Waals surface area contributed by atoms with Crippen LogP contribution >= 0.6 is 0 Å².